The number of aromatic nitrogens is 2. The van der Waals surface area contributed by atoms with Crippen LogP contribution in [0, 0.1) is 12.8 Å². The molecule has 7 heteroatoms. The van der Waals surface area contributed by atoms with Gasteiger partial charge >= 0.3 is 0 Å². The fraction of sp³-hybridized carbons (Fsp3) is 0.579. The molecule has 0 amide bonds. The second-order valence-corrected chi connectivity index (χ2v) is 8.19. The molecule has 2 bridgehead atoms. The summed E-state index contributed by atoms with van der Waals surface area (Å²) in [6.45, 7) is 8.88. The van der Waals surface area contributed by atoms with Gasteiger partial charge in [-0.2, -0.15) is 0 Å². The van der Waals surface area contributed by atoms with Crippen LogP contribution in [0.2, 0.25) is 0 Å². The van der Waals surface area contributed by atoms with E-state index in [0.29, 0.717) is 17.8 Å². The van der Waals surface area contributed by atoms with E-state index in [1.165, 1.54) is 10.4 Å². The van der Waals surface area contributed by atoms with Crippen molar-refractivity contribution in [2.75, 3.05) is 40.0 Å². The molecule has 2 atom stereocenters. The van der Waals surface area contributed by atoms with Gasteiger partial charge in [0, 0.05) is 61.8 Å². The molecule has 0 unspecified atom stereocenters. The molecule has 0 aliphatic carbocycles. The topological polar surface area (TPSA) is 50.7 Å². The molecule has 0 radical (unpaired) electrons. The molecule has 2 aromatic heterocycles. The highest BCUT2D eigenvalue weighted by molar-refractivity contribution is 7.09. The van der Waals surface area contributed by atoms with Crippen LogP contribution in [0.5, 0.6) is 5.88 Å². The average Bonchev–Trinajstić information content (AvgIpc) is 2.84. The third-order valence-electron chi connectivity index (χ3n) is 5.26. The Morgan fingerprint density at radius 3 is 2.85 bits per heavy atom. The van der Waals surface area contributed by atoms with Crippen molar-refractivity contribution in [3.05, 3.63) is 40.0 Å². The van der Waals surface area contributed by atoms with Gasteiger partial charge in [0.05, 0.1) is 31.5 Å². The van der Waals surface area contributed by atoms with Crippen LogP contribution in [0.1, 0.15) is 16.1 Å². The Balaban J connectivity index is 1.46. The van der Waals surface area contributed by atoms with E-state index in [1.807, 2.05) is 17.8 Å². The Hall–Kier alpha value is -1.54. The summed E-state index contributed by atoms with van der Waals surface area (Å²) in [4.78, 5) is 15.3. The first-order valence-corrected chi connectivity index (χ1v) is 10.0. The number of rotatable bonds is 5. The quantitative estimate of drug-likeness (QED) is 0.800. The molecule has 2 aliphatic rings. The molecule has 2 saturated heterocycles. The fourth-order valence-electron chi connectivity index (χ4n) is 3.89. The van der Waals surface area contributed by atoms with Gasteiger partial charge in [-0.1, -0.05) is 6.07 Å². The van der Waals surface area contributed by atoms with Crippen molar-refractivity contribution in [1.82, 2.24) is 19.8 Å². The highest BCUT2D eigenvalue weighted by Gasteiger charge is 2.33. The van der Waals surface area contributed by atoms with E-state index in [2.05, 4.69) is 32.8 Å². The van der Waals surface area contributed by atoms with Gasteiger partial charge in [0.1, 0.15) is 0 Å². The van der Waals surface area contributed by atoms with Crippen molar-refractivity contribution >= 4 is 11.3 Å². The van der Waals surface area contributed by atoms with E-state index in [4.69, 9.17) is 9.47 Å². The normalized spacial score (nSPS) is 24.4. The second kappa shape index (κ2) is 8.00. The van der Waals surface area contributed by atoms with Crippen LogP contribution in [0.15, 0.2) is 23.8 Å². The van der Waals surface area contributed by atoms with Crippen LogP contribution >= 0.6 is 11.3 Å². The molecule has 0 aromatic carbocycles. The summed E-state index contributed by atoms with van der Waals surface area (Å²) in [5, 5.41) is 0. The van der Waals surface area contributed by atoms with E-state index in [-0.39, 0.29) is 0 Å². The summed E-state index contributed by atoms with van der Waals surface area (Å²) in [6.07, 6.45) is 1.93. The third-order valence-corrected chi connectivity index (χ3v) is 6.18. The summed E-state index contributed by atoms with van der Waals surface area (Å²) >= 11 is 1.76. The van der Waals surface area contributed by atoms with Gasteiger partial charge in [-0.15, -0.1) is 11.3 Å². The maximum Gasteiger partial charge on any atom is 0.212 e. The Labute approximate surface area is 158 Å². The molecule has 26 heavy (non-hydrogen) atoms. The molecule has 2 aliphatic heterocycles. The van der Waals surface area contributed by atoms with E-state index in [0.717, 1.165) is 51.6 Å². The van der Waals surface area contributed by atoms with Gasteiger partial charge < -0.3 is 9.47 Å². The Morgan fingerprint density at radius 1 is 1.19 bits per heavy atom. The Kier molecular flexibility index (Phi) is 5.49. The molecule has 0 spiro atoms. The zero-order chi connectivity index (χ0) is 17.9. The van der Waals surface area contributed by atoms with Crippen LogP contribution < -0.4 is 4.74 Å². The third kappa shape index (κ3) is 4.06. The van der Waals surface area contributed by atoms with Gasteiger partial charge in [0.2, 0.25) is 5.88 Å². The van der Waals surface area contributed by atoms with E-state index >= 15 is 0 Å². The number of aryl methyl sites for hydroxylation is 1. The van der Waals surface area contributed by atoms with Gasteiger partial charge in [0.25, 0.3) is 0 Å². The number of hydrogen-bond donors (Lipinski definition) is 0. The summed E-state index contributed by atoms with van der Waals surface area (Å²) < 4.78 is 11.1. The summed E-state index contributed by atoms with van der Waals surface area (Å²) in [5.41, 5.74) is 4.35. The summed E-state index contributed by atoms with van der Waals surface area (Å²) in [5.74, 6) is 1.21. The van der Waals surface area contributed by atoms with Crippen molar-refractivity contribution in [3.8, 4) is 5.88 Å². The molecule has 2 fully saturated rings. The van der Waals surface area contributed by atoms with Gasteiger partial charge in [-0.05, 0) is 12.5 Å². The van der Waals surface area contributed by atoms with Crippen molar-refractivity contribution < 1.29 is 9.47 Å². The smallest absolute Gasteiger partial charge is 0.212 e. The first-order chi connectivity index (χ1) is 12.7. The molecule has 4 rings (SSSR count). The van der Waals surface area contributed by atoms with E-state index < -0.39 is 0 Å². The van der Waals surface area contributed by atoms with Crippen molar-refractivity contribution in [2.45, 2.75) is 26.1 Å². The fourth-order valence-corrected chi connectivity index (χ4v) is 4.70. The summed E-state index contributed by atoms with van der Waals surface area (Å²) in [7, 11) is 1.65. The van der Waals surface area contributed by atoms with Crippen LogP contribution in [0.4, 0.5) is 0 Å². The molecule has 4 heterocycles. The molecule has 140 valence electrons. The lowest BCUT2D eigenvalue weighted by atomic mass is 10.1. The Bertz CT molecular complexity index is 721. The second-order valence-electron chi connectivity index (χ2n) is 7.25. The Morgan fingerprint density at radius 2 is 2.12 bits per heavy atom. The van der Waals surface area contributed by atoms with Crippen LogP contribution in [0.25, 0.3) is 0 Å². The maximum atomic E-state index is 5.96. The van der Waals surface area contributed by atoms with E-state index in [1.54, 1.807) is 18.4 Å². The van der Waals surface area contributed by atoms with Crippen molar-refractivity contribution in [2.24, 2.45) is 5.92 Å². The lowest BCUT2D eigenvalue weighted by Crippen LogP contribution is -2.43. The number of methoxy groups -OCH3 is 1. The van der Waals surface area contributed by atoms with Crippen LogP contribution in [-0.4, -0.2) is 65.8 Å². The first kappa shape index (κ1) is 17.9. The zero-order valence-electron chi connectivity index (χ0n) is 15.4. The number of nitrogens with zero attached hydrogens (tertiary/aromatic N) is 4. The number of pyridine rings is 1. The van der Waals surface area contributed by atoms with Gasteiger partial charge in [0.15, 0.2) is 0 Å². The predicted octanol–water partition coefficient (Wildman–Crippen LogP) is 2.19. The largest absolute Gasteiger partial charge is 0.481 e. The van der Waals surface area contributed by atoms with Crippen LogP contribution in [-0.2, 0) is 17.8 Å². The number of fused-ring (bicyclic) bond motifs is 3. The molecular formula is C19H26N4O2S. The molecule has 6 nitrogen and oxygen atoms in total. The first-order valence-electron chi connectivity index (χ1n) is 9.13. The molecule has 2 aromatic rings. The minimum absolute atomic E-state index is 0.426. The minimum atomic E-state index is 0.426. The number of ether oxygens (including phenoxy) is 2. The summed E-state index contributed by atoms with van der Waals surface area (Å²) in [6, 6.07) is 4.48. The number of thiazole rings is 1. The average molecular weight is 375 g/mol. The molecule has 0 saturated carbocycles. The maximum absolute atomic E-state index is 5.96. The number of hydrogen-bond acceptors (Lipinski definition) is 7. The lowest BCUT2D eigenvalue weighted by Gasteiger charge is -2.31. The monoisotopic (exact) mass is 374 g/mol. The van der Waals surface area contributed by atoms with Gasteiger partial charge in [-0.3, -0.25) is 9.80 Å². The van der Waals surface area contributed by atoms with Crippen molar-refractivity contribution in [1.29, 1.82) is 0 Å². The van der Waals surface area contributed by atoms with E-state index in [9.17, 15) is 0 Å². The zero-order valence-corrected chi connectivity index (χ0v) is 16.2. The van der Waals surface area contributed by atoms with Crippen LogP contribution in [0.3, 0.4) is 0 Å². The SMILES string of the molecule is COc1ccc(CN2C[C@@H]3COC[C@H](C2)N(Cc2scnc2C)C3)cn1. The minimum Gasteiger partial charge on any atom is -0.481 e. The standard InChI is InChI=1S/C19H26N4O2S/c1-14-18(26-13-21-14)10-23-8-16-7-22(9-17(23)12-25-11-16)6-15-3-4-19(24-2)20-5-15/h3-5,13,16-17H,6-12H2,1-2H3/t16-,17-/m0/s1. The van der Waals surface area contributed by atoms with Crippen molar-refractivity contribution in [3.63, 3.8) is 0 Å². The highest BCUT2D eigenvalue weighted by Crippen LogP contribution is 2.25. The van der Waals surface area contributed by atoms with Gasteiger partial charge in [-0.25, -0.2) is 9.97 Å². The lowest BCUT2D eigenvalue weighted by molar-refractivity contribution is 0.0471. The predicted molar refractivity (Wildman–Crippen MR) is 101 cm³/mol. The molecular weight excluding hydrogens is 348 g/mol. The molecule has 0 N–H and O–H groups in total. The highest BCUT2D eigenvalue weighted by atomic mass is 32.1.